The smallest absolute Gasteiger partial charge is 0.269 e. The summed E-state index contributed by atoms with van der Waals surface area (Å²) in [7, 11) is 0. The Bertz CT molecular complexity index is 779. The van der Waals surface area contributed by atoms with Crippen LogP contribution < -0.4 is 15.6 Å². The van der Waals surface area contributed by atoms with E-state index < -0.39 is 0 Å². The molecule has 0 unspecified atom stereocenters. The van der Waals surface area contributed by atoms with Gasteiger partial charge in [-0.2, -0.15) is 0 Å². The molecule has 1 amide bonds. The lowest BCUT2D eigenvalue weighted by Crippen LogP contribution is -2.30. The number of ether oxygens (including phenoxy) is 1. The van der Waals surface area contributed by atoms with Crippen molar-refractivity contribution in [2.75, 3.05) is 5.43 Å². The summed E-state index contributed by atoms with van der Waals surface area (Å²) in [5.74, 6) is 0.605. The number of carbonyl (C=O) groups excluding carboxylic acids is 1. The molecule has 118 valence electrons. The summed E-state index contributed by atoms with van der Waals surface area (Å²) < 4.78 is 5.86. The number of fused-ring (bicyclic) bond motifs is 1. The number of hydrazine groups is 1. The van der Waals surface area contributed by atoms with Crippen LogP contribution in [0.2, 0.25) is 0 Å². The van der Waals surface area contributed by atoms with Crippen molar-refractivity contribution in [1.29, 1.82) is 0 Å². The third-order valence-corrected chi connectivity index (χ3v) is 3.65. The molecule has 0 fully saturated rings. The topological polar surface area (TPSA) is 50.4 Å². The Labute approximate surface area is 136 Å². The fraction of sp³-hybridized carbons (Fsp3) is 0.211. The maximum atomic E-state index is 12.3. The van der Waals surface area contributed by atoms with Crippen LogP contribution in [-0.2, 0) is 0 Å². The molecule has 2 aromatic rings. The molecule has 1 heterocycles. The van der Waals surface area contributed by atoms with Crippen molar-refractivity contribution in [3.8, 4) is 5.75 Å². The number of rotatable bonds is 3. The SMILES string of the molecule is Cc1cccc(NNC(=O)c2ccc3c(c2)C=CC(C)(C)O3)c1. The summed E-state index contributed by atoms with van der Waals surface area (Å²) in [5.41, 5.74) is 8.79. The predicted molar refractivity (Wildman–Crippen MR) is 92.5 cm³/mol. The summed E-state index contributed by atoms with van der Waals surface area (Å²) in [5, 5.41) is 0. The van der Waals surface area contributed by atoms with Crippen LogP contribution in [0.4, 0.5) is 5.69 Å². The summed E-state index contributed by atoms with van der Waals surface area (Å²) in [4.78, 5) is 12.3. The van der Waals surface area contributed by atoms with E-state index in [4.69, 9.17) is 4.74 Å². The number of benzene rings is 2. The summed E-state index contributed by atoms with van der Waals surface area (Å²) in [6.45, 7) is 6.00. The average Bonchev–Trinajstić information content (AvgIpc) is 2.51. The summed E-state index contributed by atoms with van der Waals surface area (Å²) in [6, 6.07) is 13.2. The molecule has 1 aliphatic heterocycles. The minimum absolute atomic E-state index is 0.187. The number of amides is 1. The Balaban J connectivity index is 1.71. The van der Waals surface area contributed by atoms with Gasteiger partial charge in [0.1, 0.15) is 11.4 Å². The second-order valence-corrected chi connectivity index (χ2v) is 6.24. The monoisotopic (exact) mass is 308 g/mol. The highest BCUT2D eigenvalue weighted by Gasteiger charge is 2.22. The Morgan fingerprint density at radius 2 is 1.96 bits per heavy atom. The van der Waals surface area contributed by atoms with Crippen molar-refractivity contribution in [1.82, 2.24) is 5.43 Å². The molecule has 2 N–H and O–H groups in total. The lowest BCUT2D eigenvalue weighted by Gasteiger charge is -2.27. The Morgan fingerprint density at radius 1 is 1.13 bits per heavy atom. The van der Waals surface area contributed by atoms with Crippen LogP contribution in [0.25, 0.3) is 6.08 Å². The highest BCUT2D eigenvalue weighted by atomic mass is 16.5. The van der Waals surface area contributed by atoms with Crippen LogP contribution in [0, 0.1) is 6.92 Å². The molecular weight excluding hydrogens is 288 g/mol. The van der Waals surface area contributed by atoms with Crippen molar-refractivity contribution in [3.05, 3.63) is 65.2 Å². The minimum Gasteiger partial charge on any atom is -0.483 e. The molecule has 0 atom stereocenters. The van der Waals surface area contributed by atoms with Gasteiger partial charge < -0.3 is 4.74 Å². The third-order valence-electron chi connectivity index (χ3n) is 3.65. The van der Waals surface area contributed by atoms with Crippen molar-refractivity contribution >= 4 is 17.7 Å². The van der Waals surface area contributed by atoms with Gasteiger partial charge in [-0.05, 0) is 62.7 Å². The summed E-state index contributed by atoms with van der Waals surface area (Å²) >= 11 is 0. The van der Waals surface area contributed by atoms with E-state index in [1.807, 2.05) is 69.3 Å². The quantitative estimate of drug-likeness (QED) is 0.845. The Hall–Kier alpha value is -2.75. The van der Waals surface area contributed by atoms with E-state index >= 15 is 0 Å². The van der Waals surface area contributed by atoms with Crippen LogP contribution in [0.1, 0.15) is 35.3 Å². The van der Waals surface area contributed by atoms with E-state index in [0.717, 1.165) is 22.6 Å². The highest BCUT2D eigenvalue weighted by Crippen LogP contribution is 2.31. The van der Waals surface area contributed by atoms with E-state index in [2.05, 4.69) is 10.9 Å². The van der Waals surface area contributed by atoms with Crippen molar-refractivity contribution in [2.24, 2.45) is 0 Å². The number of hydrogen-bond acceptors (Lipinski definition) is 3. The molecule has 4 nitrogen and oxygen atoms in total. The van der Waals surface area contributed by atoms with Gasteiger partial charge in [0.05, 0.1) is 5.69 Å². The number of anilines is 1. The number of carbonyl (C=O) groups is 1. The first-order valence-electron chi connectivity index (χ1n) is 7.58. The van der Waals surface area contributed by atoms with Crippen LogP contribution in [-0.4, -0.2) is 11.5 Å². The molecule has 1 aliphatic rings. The molecule has 0 aromatic heterocycles. The Morgan fingerprint density at radius 3 is 2.74 bits per heavy atom. The molecule has 0 bridgehead atoms. The summed E-state index contributed by atoms with van der Waals surface area (Å²) in [6.07, 6.45) is 3.98. The fourth-order valence-corrected chi connectivity index (χ4v) is 2.44. The minimum atomic E-state index is -0.316. The maximum absolute atomic E-state index is 12.3. The number of hydrogen-bond donors (Lipinski definition) is 2. The van der Waals surface area contributed by atoms with Gasteiger partial charge >= 0.3 is 0 Å². The molecular formula is C19H20N2O2. The lowest BCUT2D eigenvalue weighted by molar-refractivity contribution is 0.0962. The van der Waals surface area contributed by atoms with E-state index in [0.29, 0.717) is 5.56 Å². The normalized spacial score (nSPS) is 14.6. The molecule has 0 aliphatic carbocycles. The maximum Gasteiger partial charge on any atom is 0.269 e. The first-order chi connectivity index (χ1) is 10.9. The fourth-order valence-electron chi connectivity index (χ4n) is 2.44. The first kappa shape index (κ1) is 15.2. The second-order valence-electron chi connectivity index (χ2n) is 6.24. The molecule has 0 spiro atoms. The van der Waals surface area contributed by atoms with Gasteiger partial charge in [-0.25, -0.2) is 0 Å². The van der Waals surface area contributed by atoms with Crippen LogP contribution in [0.3, 0.4) is 0 Å². The van der Waals surface area contributed by atoms with Crippen LogP contribution >= 0.6 is 0 Å². The van der Waals surface area contributed by atoms with Crippen molar-refractivity contribution < 1.29 is 9.53 Å². The van der Waals surface area contributed by atoms with Gasteiger partial charge in [0, 0.05) is 11.1 Å². The zero-order chi connectivity index (χ0) is 16.4. The zero-order valence-corrected chi connectivity index (χ0v) is 13.5. The van der Waals surface area contributed by atoms with E-state index in [1.54, 1.807) is 6.07 Å². The largest absolute Gasteiger partial charge is 0.483 e. The van der Waals surface area contributed by atoms with Crippen LogP contribution in [0.15, 0.2) is 48.5 Å². The first-order valence-corrected chi connectivity index (χ1v) is 7.58. The van der Waals surface area contributed by atoms with Crippen molar-refractivity contribution in [3.63, 3.8) is 0 Å². The number of nitrogens with one attached hydrogen (secondary N) is 2. The molecule has 0 saturated heterocycles. The van der Waals surface area contributed by atoms with E-state index in [1.165, 1.54) is 0 Å². The number of aryl methyl sites for hydroxylation is 1. The molecule has 0 radical (unpaired) electrons. The van der Waals surface area contributed by atoms with Gasteiger partial charge in [-0.15, -0.1) is 0 Å². The lowest BCUT2D eigenvalue weighted by atomic mass is 10.0. The van der Waals surface area contributed by atoms with Gasteiger partial charge in [-0.3, -0.25) is 15.6 Å². The van der Waals surface area contributed by atoms with Crippen molar-refractivity contribution in [2.45, 2.75) is 26.4 Å². The van der Waals surface area contributed by atoms with Crippen LogP contribution in [0.5, 0.6) is 5.75 Å². The molecule has 2 aromatic carbocycles. The van der Waals surface area contributed by atoms with Gasteiger partial charge in [-0.1, -0.05) is 18.2 Å². The van der Waals surface area contributed by atoms with E-state index in [9.17, 15) is 4.79 Å². The zero-order valence-electron chi connectivity index (χ0n) is 13.5. The van der Waals surface area contributed by atoms with Gasteiger partial charge in [0.25, 0.3) is 5.91 Å². The van der Waals surface area contributed by atoms with E-state index in [-0.39, 0.29) is 11.5 Å². The Kier molecular flexibility index (Phi) is 3.82. The molecule has 23 heavy (non-hydrogen) atoms. The second kappa shape index (κ2) is 5.80. The molecule has 3 rings (SSSR count). The predicted octanol–water partition coefficient (Wildman–Crippen LogP) is 3.94. The van der Waals surface area contributed by atoms with Gasteiger partial charge in [0.15, 0.2) is 0 Å². The standard InChI is InChI=1S/C19H20N2O2/c1-13-5-4-6-16(11-13)20-21-18(22)15-7-8-17-14(12-15)9-10-19(2,3)23-17/h4-12,20H,1-3H3,(H,21,22). The molecule has 0 saturated carbocycles. The molecule has 4 heteroatoms. The highest BCUT2D eigenvalue weighted by molar-refractivity contribution is 5.95. The average molecular weight is 308 g/mol. The van der Waals surface area contributed by atoms with Gasteiger partial charge in [0.2, 0.25) is 0 Å². The third kappa shape index (κ3) is 3.54.